The van der Waals surface area contributed by atoms with Crippen molar-refractivity contribution in [3.63, 3.8) is 0 Å². The quantitative estimate of drug-likeness (QED) is 0.420. The van der Waals surface area contributed by atoms with Crippen LogP contribution in [0.25, 0.3) is 0 Å². The van der Waals surface area contributed by atoms with Crippen LogP contribution in [0, 0.1) is 5.92 Å². The van der Waals surface area contributed by atoms with Crippen molar-refractivity contribution in [2.45, 2.75) is 51.9 Å². The summed E-state index contributed by atoms with van der Waals surface area (Å²) >= 11 is 0. The zero-order valence-corrected chi connectivity index (χ0v) is 9.13. The van der Waals surface area contributed by atoms with E-state index in [0.717, 1.165) is 12.8 Å². The second-order valence-electron chi connectivity index (χ2n) is 3.72. The van der Waals surface area contributed by atoms with Crippen molar-refractivity contribution in [2.75, 3.05) is 0 Å². The van der Waals surface area contributed by atoms with E-state index in [1.54, 1.807) is 0 Å². The van der Waals surface area contributed by atoms with Gasteiger partial charge in [-0.25, -0.2) is 0 Å². The number of rotatable bonds is 9. The van der Waals surface area contributed by atoms with Crippen LogP contribution in [0.4, 0.5) is 0 Å². The largest absolute Gasteiger partial charge is 0.550 e. The lowest BCUT2D eigenvalue weighted by atomic mass is 10.0. The van der Waals surface area contributed by atoms with Crippen molar-refractivity contribution < 1.29 is 9.90 Å². The van der Waals surface area contributed by atoms with Gasteiger partial charge in [0.05, 0.1) is 0 Å². The molecule has 0 aromatic rings. The number of carbonyl (C=O) groups is 1. The van der Waals surface area contributed by atoms with Crippen molar-refractivity contribution in [3.05, 3.63) is 12.7 Å². The summed E-state index contributed by atoms with van der Waals surface area (Å²) in [4.78, 5) is 10.5. The van der Waals surface area contributed by atoms with E-state index in [1.807, 2.05) is 0 Å². The molecule has 0 bridgehead atoms. The summed E-state index contributed by atoms with van der Waals surface area (Å²) in [7, 11) is 0. The molecule has 0 saturated heterocycles. The molecule has 0 N–H and O–H groups in total. The van der Waals surface area contributed by atoms with Gasteiger partial charge in [-0.3, -0.25) is 0 Å². The first-order valence-electron chi connectivity index (χ1n) is 5.55. The van der Waals surface area contributed by atoms with E-state index in [1.165, 1.54) is 31.8 Å². The van der Waals surface area contributed by atoms with Gasteiger partial charge in [-0.1, -0.05) is 51.5 Å². The van der Waals surface area contributed by atoms with Gasteiger partial charge in [-0.15, -0.1) is 6.58 Å². The van der Waals surface area contributed by atoms with Crippen molar-refractivity contribution >= 4 is 5.97 Å². The van der Waals surface area contributed by atoms with Crippen molar-refractivity contribution in [3.8, 4) is 0 Å². The second kappa shape index (κ2) is 8.79. The van der Waals surface area contributed by atoms with Gasteiger partial charge in [0.2, 0.25) is 0 Å². The molecular weight excluding hydrogens is 176 g/mol. The molecule has 14 heavy (non-hydrogen) atoms. The van der Waals surface area contributed by atoms with Crippen LogP contribution in [0.5, 0.6) is 0 Å². The maximum Gasteiger partial charge on any atom is 0.0482 e. The number of carbonyl (C=O) groups excluding carboxylic acids is 1. The van der Waals surface area contributed by atoms with Crippen LogP contribution in [0.1, 0.15) is 51.9 Å². The fourth-order valence-electron chi connectivity index (χ4n) is 1.48. The van der Waals surface area contributed by atoms with Gasteiger partial charge in [0.1, 0.15) is 0 Å². The molecule has 0 radical (unpaired) electrons. The topological polar surface area (TPSA) is 40.1 Å². The highest BCUT2D eigenvalue weighted by molar-refractivity contribution is 5.69. The molecule has 0 aliphatic carbocycles. The monoisotopic (exact) mass is 197 g/mol. The SMILES string of the molecule is C=CC(CCCCCCCC)C(=O)[O-]. The van der Waals surface area contributed by atoms with E-state index in [0.29, 0.717) is 6.42 Å². The summed E-state index contributed by atoms with van der Waals surface area (Å²) in [6.45, 7) is 5.67. The Morgan fingerprint density at radius 1 is 1.29 bits per heavy atom. The van der Waals surface area contributed by atoms with Crippen LogP contribution in [0.3, 0.4) is 0 Å². The predicted molar refractivity (Wildman–Crippen MR) is 56.7 cm³/mol. The summed E-state index contributed by atoms with van der Waals surface area (Å²) in [5, 5.41) is 10.5. The van der Waals surface area contributed by atoms with E-state index < -0.39 is 11.9 Å². The minimum absolute atomic E-state index is 0.457. The van der Waals surface area contributed by atoms with E-state index >= 15 is 0 Å². The third-order valence-electron chi connectivity index (χ3n) is 2.46. The van der Waals surface area contributed by atoms with Gasteiger partial charge in [-0.05, 0) is 6.42 Å². The highest BCUT2D eigenvalue weighted by Crippen LogP contribution is 2.12. The summed E-state index contributed by atoms with van der Waals surface area (Å²) in [5.74, 6) is -1.45. The lowest BCUT2D eigenvalue weighted by Crippen LogP contribution is -2.29. The Balaban J connectivity index is 3.33. The number of hydrogen-bond acceptors (Lipinski definition) is 2. The van der Waals surface area contributed by atoms with Crippen LogP contribution < -0.4 is 5.11 Å². The number of unbranched alkanes of at least 4 members (excludes halogenated alkanes) is 5. The molecule has 0 amide bonds. The molecule has 0 spiro atoms. The highest BCUT2D eigenvalue weighted by Gasteiger charge is 2.03. The molecule has 0 aliphatic rings. The van der Waals surface area contributed by atoms with E-state index in [9.17, 15) is 9.90 Å². The Morgan fingerprint density at radius 2 is 1.86 bits per heavy atom. The lowest BCUT2D eigenvalue weighted by Gasteiger charge is -2.12. The maximum absolute atomic E-state index is 10.5. The Hall–Kier alpha value is -0.790. The fraction of sp³-hybridized carbons (Fsp3) is 0.750. The number of carboxylic acids is 1. The van der Waals surface area contributed by atoms with E-state index in [2.05, 4.69) is 13.5 Å². The van der Waals surface area contributed by atoms with Crippen LogP contribution in [-0.2, 0) is 4.79 Å². The first-order chi connectivity index (χ1) is 6.72. The normalized spacial score (nSPS) is 12.4. The molecule has 82 valence electrons. The molecule has 0 rings (SSSR count). The van der Waals surface area contributed by atoms with Gasteiger partial charge in [0.15, 0.2) is 0 Å². The minimum atomic E-state index is -0.992. The lowest BCUT2D eigenvalue weighted by molar-refractivity contribution is -0.309. The average molecular weight is 197 g/mol. The van der Waals surface area contributed by atoms with Crippen molar-refractivity contribution in [2.24, 2.45) is 5.92 Å². The Morgan fingerprint density at radius 3 is 2.36 bits per heavy atom. The number of aliphatic carboxylic acids is 1. The van der Waals surface area contributed by atoms with Gasteiger partial charge >= 0.3 is 0 Å². The molecule has 0 saturated carbocycles. The van der Waals surface area contributed by atoms with Crippen LogP contribution >= 0.6 is 0 Å². The molecule has 1 unspecified atom stereocenters. The summed E-state index contributed by atoms with van der Waals surface area (Å²) in [6.07, 6.45) is 9.25. The molecular formula is C12H21O2-. The summed E-state index contributed by atoms with van der Waals surface area (Å²) in [5.41, 5.74) is 0. The zero-order chi connectivity index (χ0) is 10.8. The standard InChI is InChI=1S/C12H22O2/c1-3-5-6-7-8-9-10-11(4-2)12(13)14/h4,11H,2-3,5-10H2,1H3,(H,13,14)/p-1. The molecule has 2 heteroatoms. The van der Waals surface area contributed by atoms with Crippen LogP contribution in [0.2, 0.25) is 0 Å². The Labute approximate surface area is 87.0 Å². The van der Waals surface area contributed by atoms with Crippen molar-refractivity contribution in [1.29, 1.82) is 0 Å². The third-order valence-corrected chi connectivity index (χ3v) is 2.46. The molecule has 0 aliphatic heterocycles. The Bertz CT molecular complexity index is 164. The predicted octanol–water partition coefficient (Wildman–Crippen LogP) is 2.29. The first kappa shape index (κ1) is 13.2. The smallest absolute Gasteiger partial charge is 0.0482 e. The van der Waals surface area contributed by atoms with Gasteiger partial charge < -0.3 is 9.90 Å². The zero-order valence-electron chi connectivity index (χ0n) is 9.13. The molecule has 0 fully saturated rings. The number of hydrogen-bond donors (Lipinski definition) is 0. The van der Waals surface area contributed by atoms with Gasteiger partial charge in [-0.2, -0.15) is 0 Å². The first-order valence-corrected chi connectivity index (χ1v) is 5.55. The second-order valence-corrected chi connectivity index (χ2v) is 3.72. The summed E-state index contributed by atoms with van der Waals surface area (Å²) < 4.78 is 0. The molecule has 0 aromatic carbocycles. The third kappa shape index (κ3) is 6.70. The Kier molecular flexibility index (Phi) is 8.30. The highest BCUT2D eigenvalue weighted by atomic mass is 16.4. The molecule has 0 aromatic heterocycles. The average Bonchev–Trinajstić information content (AvgIpc) is 2.16. The van der Waals surface area contributed by atoms with Gasteiger partial charge in [0, 0.05) is 11.9 Å². The van der Waals surface area contributed by atoms with Crippen LogP contribution in [0.15, 0.2) is 12.7 Å². The minimum Gasteiger partial charge on any atom is -0.550 e. The van der Waals surface area contributed by atoms with Crippen molar-refractivity contribution in [1.82, 2.24) is 0 Å². The van der Waals surface area contributed by atoms with Gasteiger partial charge in [0.25, 0.3) is 0 Å². The molecule has 1 atom stereocenters. The van der Waals surface area contributed by atoms with E-state index in [-0.39, 0.29) is 0 Å². The maximum atomic E-state index is 10.5. The number of carboxylic acid groups (broad SMARTS) is 1. The molecule has 0 heterocycles. The summed E-state index contributed by atoms with van der Waals surface area (Å²) in [6, 6.07) is 0. The van der Waals surface area contributed by atoms with E-state index in [4.69, 9.17) is 0 Å². The molecule has 2 nitrogen and oxygen atoms in total. The fourth-order valence-corrected chi connectivity index (χ4v) is 1.48. The van der Waals surface area contributed by atoms with Crippen LogP contribution in [-0.4, -0.2) is 5.97 Å².